The molecule has 144 valence electrons. The van der Waals surface area contributed by atoms with E-state index in [9.17, 15) is 5.26 Å². The SMILES string of the molecule is N#CC1=C(N)Oc2cc(CCN3CCCCC3)ccc2C1c1ccc(Cl)cc1. The summed E-state index contributed by atoms with van der Waals surface area (Å²) >= 11 is 6.04. The van der Waals surface area contributed by atoms with Crippen LogP contribution in [-0.2, 0) is 6.42 Å². The molecule has 0 aliphatic carbocycles. The molecule has 0 bridgehead atoms. The van der Waals surface area contributed by atoms with E-state index in [1.165, 1.54) is 37.9 Å². The molecule has 0 radical (unpaired) electrons. The third kappa shape index (κ3) is 3.87. The molecule has 1 fully saturated rings. The standard InChI is InChI=1S/C23H24ClN3O/c24-18-7-5-17(6-8-18)22-19-9-4-16(10-13-27-11-2-1-3-12-27)14-21(19)28-23(26)20(22)15-25/h4-9,14,22H,1-3,10-13,26H2. The van der Waals surface area contributed by atoms with Gasteiger partial charge in [0.15, 0.2) is 0 Å². The van der Waals surface area contributed by atoms with E-state index in [0.29, 0.717) is 10.6 Å². The summed E-state index contributed by atoms with van der Waals surface area (Å²) in [6.07, 6.45) is 4.93. The van der Waals surface area contributed by atoms with Gasteiger partial charge in [0.05, 0.1) is 5.92 Å². The van der Waals surface area contributed by atoms with Gasteiger partial charge in [0.1, 0.15) is 17.4 Å². The molecule has 1 atom stereocenters. The minimum atomic E-state index is -0.234. The lowest BCUT2D eigenvalue weighted by atomic mass is 9.83. The Morgan fingerprint density at radius 3 is 2.57 bits per heavy atom. The molecule has 5 heteroatoms. The summed E-state index contributed by atoms with van der Waals surface area (Å²) in [6.45, 7) is 3.46. The highest BCUT2D eigenvalue weighted by atomic mass is 35.5. The van der Waals surface area contributed by atoms with Gasteiger partial charge in [0.25, 0.3) is 0 Å². The summed E-state index contributed by atoms with van der Waals surface area (Å²) in [5.74, 6) is 0.692. The molecule has 2 aliphatic rings. The number of nitrogens with two attached hydrogens (primary N) is 1. The minimum Gasteiger partial charge on any atom is -0.440 e. The Kier molecular flexibility index (Phi) is 5.57. The van der Waals surface area contributed by atoms with Gasteiger partial charge in [-0.15, -0.1) is 0 Å². The summed E-state index contributed by atoms with van der Waals surface area (Å²) in [6, 6.07) is 16.1. The van der Waals surface area contributed by atoms with E-state index >= 15 is 0 Å². The van der Waals surface area contributed by atoms with E-state index in [-0.39, 0.29) is 11.8 Å². The summed E-state index contributed by atoms with van der Waals surface area (Å²) in [5.41, 5.74) is 9.72. The second-order valence-corrected chi connectivity index (χ2v) is 7.94. The van der Waals surface area contributed by atoms with Crippen LogP contribution in [0.25, 0.3) is 0 Å². The first-order valence-electron chi connectivity index (χ1n) is 9.84. The zero-order valence-electron chi connectivity index (χ0n) is 15.8. The lowest BCUT2D eigenvalue weighted by Crippen LogP contribution is -2.31. The fraction of sp³-hybridized carbons (Fsp3) is 0.348. The monoisotopic (exact) mass is 393 g/mol. The number of fused-ring (bicyclic) bond motifs is 1. The molecule has 0 amide bonds. The van der Waals surface area contributed by atoms with Crippen molar-refractivity contribution in [1.29, 1.82) is 5.26 Å². The van der Waals surface area contributed by atoms with E-state index < -0.39 is 0 Å². The number of hydrogen-bond donors (Lipinski definition) is 1. The summed E-state index contributed by atoms with van der Waals surface area (Å²) < 4.78 is 5.84. The number of rotatable bonds is 4. The maximum Gasteiger partial charge on any atom is 0.205 e. The van der Waals surface area contributed by atoms with Crippen LogP contribution in [0.3, 0.4) is 0 Å². The molecular weight excluding hydrogens is 370 g/mol. The van der Waals surface area contributed by atoms with Gasteiger partial charge in [-0.2, -0.15) is 5.26 Å². The predicted octanol–water partition coefficient (Wildman–Crippen LogP) is 4.59. The predicted molar refractivity (Wildman–Crippen MR) is 111 cm³/mol. The van der Waals surface area contributed by atoms with Gasteiger partial charge in [-0.05, 0) is 61.7 Å². The van der Waals surface area contributed by atoms with Crippen molar-refractivity contribution in [2.24, 2.45) is 5.73 Å². The molecule has 4 nitrogen and oxygen atoms in total. The van der Waals surface area contributed by atoms with E-state index in [4.69, 9.17) is 22.1 Å². The van der Waals surface area contributed by atoms with Crippen molar-refractivity contribution in [3.05, 3.63) is 75.6 Å². The van der Waals surface area contributed by atoms with Crippen LogP contribution in [0.5, 0.6) is 5.75 Å². The molecule has 2 aromatic carbocycles. The molecule has 2 N–H and O–H groups in total. The number of piperidine rings is 1. The Morgan fingerprint density at radius 2 is 1.86 bits per heavy atom. The molecule has 2 aliphatic heterocycles. The van der Waals surface area contributed by atoms with Crippen LogP contribution in [-0.4, -0.2) is 24.5 Å². The molecule has 28 heavy (non-hydrogen) atoms. The molecular formula is C23H24ClN3O. The summed E-state index contributed by atoms with van der Waals surface area (Å²) in [7, 11) is 0. The van der Waals surface area contributed by atoms with Gasteiger partial charge in [-0.3, -0.25) is 0 Å². The van der Waals surface area contributed by atoms with Crippen LogP contribution in [0, 0.1) is 11.3 Å². The largest absolute Gasteiger partial charge is 0.440 e. The highest BCUT2D eigenvalue weighted by Crippen LogP contribution is 2.42. The molecule has 0 saturated carbocycles. The van der Waals surface area contributed by atoms with Crippen LogP contribution in [0.1, 0.15) is 41.9 Å². The van der Waals surface area contributed by atoms with Crippen molar-refractivity contribution in [2.45, 2.75) is 31.6 Å². The first kappa shape index (κ1) is 18.9. The first-order chi connectivity index (χ1) is 13.7. The van der Waals surface area contributed by atoms with Crippen molar-refractivity contribution < 1.29 is 4.74 Å². The molecule has 2 aromatic rings. The number of allylic oxidation sites excluding steroid dienone is 1. The molecule has 1 unspecified atom stereocenters. The van der Waals surface area contributed by atoms with Crippen LogP contribution in [0.4, 0.5) is 0 Å². The van der Waals surface area contributed by atoms with Gasteiger partial charge < -0.3 is 15.4 Å². The van der Waals surface area contributed by atoms with Crippen LogP contribution in [0.15, 0.2) is 53.9 Å². The summed E-state index contributed by atoms with van der Waals surface area (Å²) in [5, 5.41) is 10.3. The second-order valence-electron chi connectivity index (χ2n) is 7.50. The summed E-state index contributed by atoms with van der Waals surface area (Å²) in [4.78, 5) is 2.53. The minimum absolute atomic E-state index is 0.183. The van der Waals surface area contributed by atoms with Crippen LogP contribution in [0.2, 0.25) is 5.02 Å². The fourth-order valence-electron chi connectivity index (χ4n) is 4.12. The molecule has 0 spiro atoms. The Hall–Kier alpha value is -2.48. The van der Waals surface area contributed by atoms with Crippen molar-refractivity contribution >= 4 is 11.6 Å². The maximum absolute atomic E-state index is 9.66. The lowest BCUT2D eigenvalue weighted by Gasteiger charge is -2.28. The van der Waals surface area contributed by atoms with E-state index in [1.54, 1.807) is 0 Å². The number of likely N-dealkylation sites (tertiary alicyclic amines) is 1. The van der Waals surface area contributed by atoms with Crippen molar-refractivity contribution in [2.75, 3.05) is 19.6 Å². The van der Waals surface area contributed by atoms with E-state index in [1.807, 2.05) is 24.3 Å². The van der Waals surface area contributed by atoms with E-state index in [2.05, 4.69) is 29.2 Å². The topological polar surface area (TPSA) is 62.3 Å². The fourth-order valence-corrected chi connectivity index (χ4v) is 4.25. The smallest absolute Gasteiger partial charge is 0.205 e. The second kappa shape index (κ2) is 8.26. The number of nitrogens with zero attached hydrogens (tertiary/aromatic N) is 2. The maximum atomic E-state index is 9.66. The number of halogens is 1. The zero-order chi connectivity index (χ0) is 19.5. The highest BCUT2D eigenvalue weighted by Gasteiger charge is 2.30. The Bertz CT molecular complexity index is 924. The van der Waals surface area contributed by atoms with Crippen LogP contribution < -0.4 is 10.5 Å². The van der Waals surface area contributed by atoms with Gasteiger partial charge in [0.2, 0.25) is 5.88 Å². The number of benzene rings is 2. The Balaban J connectivity index is 1.61. The lowest BCUT2D eigenvalue weighted by molar-refractivity contribution is 0.231. The third-order valence-corrected chi connectivity index (χ3v) is 5.90. The highest BCUT2D eigenvalue weighted by molar-refractivity contribution is 6.30. The van der Waals surface area contributed by atoms with Crippen molar-refractivity contribution in [3.8, 4) is 11.8 Å². The first-order valence-corrected chi connectivity index (χ1v) is 10.2. The van der Waals surface area contributed by atoms with Crippen LogP contribution >= 0.6 is 11.6 Å². The quantitative estimate of drug-likeness (QED) is 0.825. The molecule has 1 saturated heterocycles. The van der Waals surface area contributed by atoms with Gasteiger partial charge >= 0.3 is 0 Å². The number of nitriles is 1. The van der Waals surface area contributed by atoms with Crippen molar-refractivity contribution in [3.63, 3.8) is 0 Å². The van der Waals surface area contributed by atoms with E-state index in [0.717, 1.165) is 29.8 Å². The average Bonchev–Trinajstić information content (AvgIpc) is 2.72. The zero-order valence-corrected chi connectivity index (χ0v) is 16.6. The normalized spacial score (nSPS) is 19.6. The van der Waals surface area contributed by atoms with Crippen molar-refractivity contribution in [1.82, 2.24) is 4.90 Å². The molecule has 2 heterocycles. The Labute approximate surface area is 171 Å². The van der Waals surface area contributed by atoms with Gasteiger partial charge in [-0.1, -0.05) is 42.3 Å². The van der Waals surface area contributed by atoms with Gasteiger partial charge in [-0.25, -0.2) is 0 Å². The van der Waals surface area contributed by atoms with Gasteiger partial charge in [0, 0.05) is 17.1 Å². The third-order valence-electron chi connectivity index (χ3n) is 5.65. The average molecular weight is 394 g/mol. The number of hydrogen-bond acceptors (Lipinski definition) is 4. The molecule has 4 rings (SSSR count). The Morgan fingerprint density at radius 1 is 1.11 bits per heavy atom. The number of ether oxygens (including phenoxy) is 1. The molecule has 0 aromatic heterocycles.